The Morgan fingerprint density at radius 1 is 1.54 bits per heavy atom. The zero-order chi connectivity index (χ0) is 10.3. The van der Waals surface area contributed by atoms with Crippen LogP contribution in [0.1, 0.15) is 20.3 Å². The summed E-state index contributed by atoms with van der Waals surface area (Å²) >= 11 is 0. The standard InChI is InChI=1S/C9H18N2O2/c1-9(2,7-10)3-4-11-5-8(13)6-12/h8,11-13H,3-6H2,1-2H3. The van der Waals surface area contributed by atoms with Gasteiger partial charge in [0.05, 0.1) is 24.2 Å². The van der Waals surface area contributed by atoms with Crippen LogP contribution in [0.25, 0.3) is 0 Å². The third-order valence-corrected chi connectivity index (χ3v) is 1.82. The second kappa shape index (κ2) is 5.92. The first-order valence-electron chi connectivity index (χ1n) is 4.43. The van der Waals surface area contributed by atoms with Crippen molar-refractivity contribution in [1.29, 1.82) is 5.26 Å². The van der Waals surface area contributed by atoms with Gasteiger partial charge in [0.1, 0.15) is 0 Å². The Kier molecular flexibility index (Phi) is 5.63. The Balaban J connectivity index is 3.42. The summed E-state index contributed by atoms with van der Waals surface area (Å²) in [5.74, 6) is 0. The highest BCUT2D eigenvalue weighted by Gasteiger charge is 2.15. The number of nitrogens with zero attached hydrogens (tertiary/aromatic N) is 1. The summed E-state index contributed by atoms with van der Waals surface area (Å²) in [6.07, 6.45) is 0.0342. The van der Waals surface area contributed by atoms with Crippen molar-refractivity contribution >= 4 is 0 Å². The summed E-state index contributed by atoms with van der Waals surface area (Å²) in [6.45, 7) is 4.57. The van der Waals surface area contributed by atoms with Crippen LogP contribution in [-0.2, 0) is 0 Å². The Bertz CT molecular complexity index is 175. The third kappa shape index (κ3) is 6.52. The highest BCUT2D eigenvalue weighted by Crippen LogP contribution is 2.16. The maximum atomic E-state index is 8.97. The predicted octanol–water partition coefficient (Wildman–Crippen LogP) is -0.131. The van der Waals surface area contributed by atoms with Gasteiger partial charge in [-0.05, 0) is 26.8 Å². The zero-order valence-corrected chi connectivity index (χ0v) is 8.25. The molecule has 0 aromatic heterocycles. The number of hydrogen-bond donors (Lipinski definition) is 3. The highest BCUT2D eigenvalue weighted by atomic mass is 16.3. The van der Waals surface area contributed by atoms with Crippen LogP contribution >= 0.6 is 0 Å². The van der Waals surface area contributed by atoms with Crippen molar-refractivity contribution in [2.75, 3.05) is 19.7 Å². The maximum absolute atomic E-state index is 8.97. The van der Waals surface area contributed by atoms with Crippen LogP contribution in [0.2, 0.25) is 0 Å². The van der Waals surface area contributed by atoms with Crippen LogP contribution in [0.3, 0.4) is 0 Å². The molecule has 1 unspecified atom stereocenters. The lowest BCUT2D eigenvalue weighted by molar-refractivity contribution is 0.0941. The predicted molar refractivity (Wildman–Crippen MR) is 50.0 cm³/mol. The minimum Gasteiger partial charge on any atom is -0.394 e. The molecule has 0 aromatic carbocycles. The molecule has 0 radical (unpaired) electrons. The van der Waals surface area contributed by atoms with E-state index in [0.29, 0.717) is 13.1 Å². The molecular formula is C9H18N2O2. The smallest absolute Gasteiger partial charge is 0.0894 e. The minimum absolute atomic E-state index is 0.228. The molecule has 0 fully saturated rings. The first-order valence-corrected chi connectivity index (χ1v) is 4.43. The number of nitrogens with one attached hydrogen (secondary N) is 1. The molecule has 0 saturated heterocycles. The fraction of sp³-hybridized carbons (Fsp3) is 0.889. The molecule has 0 aliphatic rings. The number of aliphatic hydroxyl groups excluding tert-OH is 2. The van der Waals surface area contributed by atoms with Crippen LogP contribution in [0.15, 0.2) is 0 Å². The topological polar surface area (TPSA) is 76.3 Å². The van der Waals surface area contributed by atoms with Crippen LogP contribution < -0.4 is 5.32 Å². The second-order valence-electron chi connectivity index (χ2n) is 3.79. The summed E-state index contributed by atoms with van der Waals surface area (Å²) in [5, 5.41) is 29.1. The molecule has 0 rings (SSSR count). The third-order valence-electron chi connectivity index (χ3n) is 1.82. The Morgan fingerprint density at radius 3 is 2.62 bits per heavy atom. The van der Waals surface area contributed by atoms with Crippen molar-refractivity contribution in [1.82, 2.24) is 5.32 Å². The van der Waals surface area contributed by atoms with Crippen molar-refractivity contribution in [3.63, 3.8) is 0 Å². The van der Waals surface area contributed by atoms with Gasteiger partial charge in [-0.15, -0.1) is 0 Å². The SMILES string of the molecule is CC(C)(C#N)CCNCC(O)CO. The molecule has 0 amide bonds. The van der Waals surface area contributed by atoms with E-state index in [4.69, 9.17) is 15.5 Å². The van der Waals surface area contributed by atoms with Crippen molar-refractivity contribution in [3.05, 3.63) is 0 Å². The molecule has 13 heavy (non-hydrogen) atoms. The number of aliphatic hydroxyl groups is 2. The van der Waals surface area contributed by atoms with E-state index in [1.54, 1.807) is 0 Å². The lowest BCUT2D eigenvalue weighted by Crippen LogP contribution is -2.31. The number of rotatable bonds is 6. The summed E-state index contributed by atoms with van der Waals surface area (Å²) in [5.41, 5.74) is -0.322. The fourth-order valence-electron chi connectivity index (χ4n) is 0.790. The summed E-state index contributed by atoms with van der Waals surface area (Å²) in [6, 6.07) is 2.19. The lowest BCUT2D eigenvalue weighted by atomic mass is 9.91. The number of hydrogen-bond acceptors (Lipinski definition) is 4. The van der Waals surface area contributed by atoms with Gasteiger partial charge in [0, 0.05) is 6.54 Å². The van der Waals surface area contributed by atoms with E-state index in [-0.39, 0.29) is 12.0 Å². The maximum Gasteiger partial charge on any atom is 0.0894 e. The van der Waals surface area contributed by atoms with Gasteiger partial charge in [-0.3, -0.25) is 0 Å². The molecule has 76 valence electrons. The summed E-state index contributed by atoms with van der Waals surface area (Å²) in [7, 11) is 0. The van der Waals surface area contributed by atoms with Gasteiger partial charge in [-0.2, -0.15) is 5.26 Å². The quantitative estimate of drug-likeness (QED) is 0.505. The molecule has 0 bridgehead atoms. The van der Waals surface area contributed by atoms with Crippen LogP contribution in [0.4, 0.5) is 0 Å². The van der Waals surface area contributed by atoms with Crippen LogP contribution in [0, 0.1) is 16.7 Å². The van der Waals surface area contributed by atoms with Crippen molar-refractivity contribution < 1.29 is 10.2 Å². The van der Waals surface area contributed by atoms with E-state index < -0.39 is 6.10 Å². The fourth-order valence-corrected chi connectivity index (χ4v) is 0.790. The summed E-state index contributed by atoms with van der Waals surface area (Å²) in [4.78, 5) is 0. The molecule has 3 N–H and O–H groups in total. The Morgan fingerprint density at radius 2 is 2.15 bits per heavy atom. The molecular weight excluding hydrogens is 168 g/mol. The van der Waals surface area contributed by atoms with Gasteiger partial charge in [0.2, 0.25) is 0 Å². The molecule has 0 saturated carbocycles. The average molecular weight is 186 g/mol. The second-order valence-corrected chi connectivity index (χ2v) is 3.79. The van der Waals surface area contributed by atoms with E-state index >= 15 is 0 Å². The number of nitriles is 1. The first kappa shape index (κ1) is 12.4. The molecule has 0 aromatic rings. The monoisotopic (exact) mass is 186 g/mol. The molecule has 1 atom stereocenters. The Labute approximate surface area is 79.2 Å². The normalized spacial score (nSPS) is 13.8. The van der Waals surface area contributed by atoms with Gasteiger partial charge in [-0.25, -0.2) is 0 Å². The minimum atomic E-state index is -0.704. The van der Waals surface area contributed by atoms with Crippen molar-refractivity contribution in [2.24, 2.45) is 5.41 Å². The van der Waals surface area contributed by atoms with Crippen LogP contribution in [-0.4, -0.2) is 36.0 Å². The van der Waals surface area contributed by atoms with E-state index in [1.165, 1.54) is 0 Å². The van der Waals surface area contributed by atoms with Gasteiger partial charge >= 0.3 is 0 Å². The van der Waals surface area contributed by atoms with Gasteiger partial charge in [0.15, 0.2) is 0 Å². The Hall–Kier alpha value is -0.630. The zero-order valence-electron chi connectivity index (χ0n) is 8.25. The van der Waals surface area contributed by atoms with Gasteiger partial charge in [0.25, 0.3) is 0 Å². The van der Waals surface area contributed by atoms with E-state index in [9.17, 15) is 0 Å². The molecule has 4 heteroatoms. The van der Waals surface area contributed by atoms with E-state index in [1.807, 2.05) is 13.8 Å². The van der Waals surface area contributed by atoms with E-state index in [0.717, 1.165) is 6.42 Å². The van der Waals surface area contributed by atoms with Gasteiger partial charge in [-0.1, -0.05) is 0 Å². The van der Waals surface area contributed by atoms with E-state index in [2.05, 4.69) is 11.4 Å². The van der Waals surface area contributed by atoms with Gasteiger partial charge < -0.3 is 15.5 Å². The summed E-state index contributed by atoms with van der Waals surface area (Å²) < 4.78 is 0. The molecule has 0 spiro atoms. The van der Waals surface area contributed by atoms with Crippen molar-refractivity contribution in [3.8, 4) is 6.07 Å². The first-order chi connectivity index (χ1) is 6.02. The average Bonchev–Trinajstić information content (AvgIpc) is 2.12. The molecule has 0 aliphatic carbocycles. The largest absolute Gasteiger partial charge is 0.394 e. The molecule has 4 nitrogen and oxygen atoms in total. The molecule has 0 aliphatic heterocycles. The van der Waals surface area contributed by atoms with Crippen LogP contribution in [0.5, 0.6) is 0 Å². The molecule has 0 heterocycles. The highest BCUT2D eigenvalue weighted by molar-refractivity contribution is 4.91. The van der Waals surface area contributed by atoms with Crippen molar-refractivity contribution in [2.45, 2.75) is 26.4 Å². The lowest BCUT2D eigenvalue weighted by Gasteiger charge is -2.15.